The van der Waals surface area contributed by atoms with Crippen molar-refractivity contribution in [3.05, 3.63) is 29.8 Å². The van der Waals surface area contributed by atoms with E-state index in [-0.39, 0.29) is 0 Å². The summed E-state index contributed by atoms with van der Waals surface area (Å²) in [6.45, 7) is 0.871. The highest BCUT2D eigenvalue weighted by atomic mass is 16.2. The number of carbonyl (C=O) groups is 1. The molecule has 0 aromatic heterocycles. The third kappa shape index (κ3) is 2.14. The number of rotatable bonds is 2. The Balaban J connectivity index is 1.44. The lowest BCUT2D eigenvalue weighted by atomic mass is 9.89. The fourth-order valence-electron chi connectivity index (χ4n) is 4.30. The average molecular weight is 270 g/mol. The summed E-state index contributed by atoms with van der Waals surface area (Å²) in [5.41, 5.74) is 2.47. The Kier molecular flexibility index (Phi) is 3.03. The minimum atomic E-state index is 0.334. The van der Waals surface area contributed by atoms with Crippen LogP contribution < -0.4 is 10.2 Å². The fraction of sp³-hybridized carbons (Fsp3) is 0.588. The summed E-state index contributed by atoms with van der Waals surface area (Å²) in [5.74, 6) is 0.926. The molecule has 2 fully saturated rings. The molecule has 0 aliphatic carbocycles. The van der Waals surface area contributed by atoms with Crippen LogP contribution >= 0.6 is 0 Å². The minimum absolute atomic E-state index is 0.334. The van der Waals surface area contributed by atoms with Crippen molar-refractivity contribution in [2.75, 3.05) is 11.4 Å². The van der Waals surface area contributed by atoms with Gasteiger partial charge in [-0.15, -0.1) is 0 Å². The summed E-state index contributed by atoms with van der Waals surface area (Å²) in [5, 5.41) is 3.65. The van der Waals surface area contributed by atoms with E-state index in [1.165, 1.54) is 31.2 Å². The van der Waals surface area contributed by atoms with E-state index in [1.807, 2.05) is 11.0 Å². The van der Waals surface area contributed by atoms with Crippen molar-refractivity contribution in [2.24, 2.45) is 5.92 Å². The number of hydrogen-bond acceptors (Lipinski definition) is 2. The lowest BCUT2D eigenvalue weighted by Gasteiger charge is -2.30. The van der Waals surface area contributed by atoms with Crippen LogP contribution in [0.3, 0.4) is 0 Å². The monoisotopic (exact) mass is 270 g/mol. The maximum atomic E-state index is 12.6. The third-order valence-electron chi connectivity index (χ3n) is 5.22. The number of nitrogens with one attached hydrogen (secondary N) is 1. The van der Waals surface area contributed by atoms with Crippen molar-refractivity contribution >= 4 is 11.6 Å². The zero-order chi connectivity index (χ0) is 13.5. The number of fused-ring (bicyclic) bond motifs is 3. The van der Waals surface area contributed by atoms with Gasteiger partial charge >= 0.3 is 0 Å². The van der Waals surface area contributed by atoms with Crippen LogP contribution in [0.5, 0.6) is 0 Å². The van der Waals surface area contributed by atoms with Crippen LogP contribution in [0.4, 0.5) is 5.69 Å². The molecular weight excluding hydrogens is 248 g/mol. The first-order chi connectivity index (χ1) is 9.79. The molecule has 3 heterocycles. The molecule has 2 saturated heterocycles. The summed E-state index contributed by atoms with van der Waals surface area (Å²) < 4.78 is 0. The first kappa shape index (κ1) is 12.4. The van der Waals surface area contributed by atoms with Crippen LogP contribution in [0.2, 0.25) is 0 Å². The molecule has 3 aliphatic rings. The molecule has 3 heteroatoms. The molecule has 4 rings (SSSR count). The van der Waals surface area contributed by atoms with Gasteiger partial charge in [0.2, 0.25) is 5.91 Å². The average Bonchev–Trinajstić information content (AvgIpc) is 3.02. The van der Waals surface area contributed by atoms with Gasteiger partial charge in [-0.3, -0.25) is 4.79 Å². The lowest BCUT2D eigenvalue weighted by molar-refractivity contribution is -0.119. The Bertz CT molecular complexity index is 515. The van der Waals surface area contributed by atoms with E-state index in [0.29, 0.717) is 23.9 Å². The smallest absolute Gasteiger partial charge is 0.227 e. The van der Waals surface area contributed by atoms with Crippen molar-refractivity contribution < 1.29 is 4.79 Å². The van der Waals surface area contributed by atoms with E-state index < -0.39 is 0 Å². The Morgan fingerprint density at radius 3 is 2.75 bits per heavy atom. The first-order valence-corrected chi connectivity index (χ1v) is 7.94. The molecule has 1 amide bonds. The highest BCUT2D eigenvalue weighted by Gasteiger charge is 2.35. The van der Waals surface area contributed by atoms with Crippen LogP contribution in [0.25, 0.3) is 0 Å². The second-order valence-corrected chi connectivity index (χ2v) is 6.60. The second-order valence-electron chi connectivity index (χ2n) is 6.60. The summed E-state index contributed by atoms with van der Waals surface area (Å²) in [7, 11) is 0. The molecule has 3 aliphatic heterocycles. The largest absolute Gasteiger partial charge is 0.312 e. The van der Waals surface area contributed by atoms with E-state index in [4.69, 9.17) is 0 Å². The Labute approximate surface area is 120 Å². The molecule has 2 bridgehead atoms. The summed E-state index contributed by atoms with van der Waals surface area (Å²) in [4.78, 5) is 14.6. The summed E-state index contributed by atoms with van der Waals surface area (Å²) >= 11 is 0. The van der Waals surface area contributed by atoms with Crippen molar-refractivity contribution in [3.63, 3.8) is 0 Å². The Hall–Kier alpha value is -1.35. The third-order valence-corrected chi connectivity index (χ3v) is 5.22. The van der Waals surface area contributed by atoms with E-state index >= 15 is 0 Å². The van der Waals surface area contributed by atoms with Crippen molar-refractivity contribution in [2.45, 2.75) is 50.6 Å². The van der Waals surface area contributed by atoms with Crippen molar-refractivity contribution in [1.29, 1.82) is 0 Å². The van der Waals surface area contributed by atoms with Gasteiger partial charge in [-0.25, -0.2) is 0 Å². The van der Waals surface area contributed by atoms with Gasteiger partial charge in [-0.2, -0.15) is 0 Å². The summed E-state index contributed by atoms with van der Waals surface area (Å²) in [6, 6.07) is 9.70. The van der Waals surface area contributed by atoms with Gasteiger partial charge in [0, 0.05) is 30.7 Å². The highest BCUT2D eigenvalue weighted by molar-refractivity contribution is 5.95. The van der Waals surface area contributed by atoms with Crippen molar-refractivity contribution in [3.8, 4) is 0 Å². The molecule has 2 atom stereocenters. The Morgan fingerprint density at radius 2 is 1.95 bits per heavy atom. The quantitative estimate of drug-likeness (QED) is 0.895. The second kappa shape index (κ2) is 4.88. The maximum absolute atomic E-state index is 12.6. The standard InChI is InChI=1S/C17H22N2O/c20-17(11-12-9-14-5-6-15(10-12)18-14)19-8-7-13-3-1-2-4-16(13)19/h1-4,12,14-15,18H,5-11H2. The SMILES string of the molecule is O=C(CC1CC2CCC(C1)N2)N1CCc2ccccc21. The van der Waals surface area contributed by atoms with Gasteiger partial charge < -0.3 is 10.2 Å². The van der Waals surface area contributed by atoms with Crippen LogP contribution in [0.1, 0.15) is 37.7 Å². The molecular formula is C17H22N2O. The number of amides is 1. The fourth-order valence-corrected chi connectivity index (χ4v) is 4.30. The topological polar surface area (TPSA) is 32.3 Å². The molecule has 1 N–H and O–H groups in total. The van der Waals surface area contributed by atoms with Gasteiger partial charge in [0.1, 0.15) is 0 Å². The molecule has 3 nitrogen and oxygen atoms in total. The molecule has 0 saturated carbocycles. The molecule has 0 spiro atoms. The summed E-state index contributed by atoms with van der Waals surface area (Å²) in [6.07, 6.45) is 6.75. The zero-order valence-corrected chi connectivity index (χ0v) is 11.8. The Morgan fingerprint density at radius 1 is 1.20 bits per heavy atom. The highest BCUT2D eigenvalue weighted by Crippen LogP contribution is 2.34. The first-order valence-electron chi connectivity index (χ1n) is 7.94. The van der Waals surface area contributed by atoms with Gasteiger partial charge in [-0.05, 0) is 49.7 Å². The van der Waals surface area contributed by atoms with Crippen molar-refractivity contribution in [1.82, 2.24) is 5.32 Å². The van der Waals surface area contributed by atoms with E-state index in [2.05, 4.69) is 23.5 Å². The van der Waals surface area contributed by atoms with E-state index in [1.54, 1.807) is 0 Å². The number of carbonyl (C=O) groups excluding carboxylic acids is 1. The number of anilines is 1. The van der Waals surface area contributed by atoms with Crippen LogP contribution in [-0.4, -0.2) is 24.5 Å². The predicted octanol–water partition coefficient (Wildman–Crippen LogP) is 2.50. The molecule has 1 aromatic carbocycles. The predicted molar refractivity (Wildman–Crippen MR) is 79.8 cm³/mol. The number of para-hydroxylation sites is 1. The number of benzene rings is 1. The minimum Gasteiger partial charge on any atom is -0.312 e. The van der Waals surface area contributed by atoms with E-state index in [9.17, 15) is 4.79 Å². The number of nitrogens with zero attached hydrogens (tertiary/aromatic N) is 1. The molecule has 106 valence electrons. The van der Waals surface area contributed by atoms with E-state index in [0.717, 1.165) is 25.1 Å². The molecule has 2 unspecified atom stereocenters. The van der Waals surface area contributed by atoms with Crippen LogP contribution in [-0.2, 0) is 11.2 Å². The van der Waals surface area contributed by atoms with Gasteiger partial charge in [-0.1, -0.05) is 18.2 Å². The number of hydrogen-bond donors (Lipinski definition) is 1. The number of piperidine rings is 1. The normalized spacial score (nSPS) is 31.4. The van der Waals surface area contributed by atoms with Crippen LogP contribution in [0.15, 0.2) is 24.3 Å². The maximum Gasteiger partial charge on any atom is 0.227 e. The zero-order valence-electron chi connectivity index (χ0n) is 11.8. The molecule has 0 radical (unpaired) electrons. The van der Waals surface area contributed by atoms with Crippen LogP contribution in [0, 0.1) is 5.92 Å². The van der Waals surface area contributed by atoms with Gasteiger partial charge in [0.25, 0.3) is 0 Å². The lowest BCUT2D eigenvalue weighted by Crippen LogP contribution is -2.40. The molecule has 1 aromatic rings. The van der Waals surface area contributed by atoms with Gasteiger partial charge in [0.15, 0.2) is 0 Å². The van der Waals surface area contributed by atoms with Gasteiger partial charge in [0.05, 0.1) is 0 Å². The molecule has 20 heavy (non-hydrogen) atoms.